The molecule has 8 nitrogen and oxygen atoms in total. The number of benzene rings is 1. The van der Waals surface area contributed by atoms with E-state index < -0.39 is 34.2 Å². The Hall–Kier alpha value is -1.97. The third kappa shape index (κ3) is 5.75. The third-order valence-corrected chi connectivity index (χ3v) is 5.41. The third-order valence-electron chi connectivity index (χ3n) is 3.92. The number of amides is 1. The number of hydrogen-bond donors (Lipinski definition) is 2. The van der Waals surface area contributed by atoms with Gasteiger partial charge >= 0.3 is 6.09 Å². The molecule has 0 aromatic heterocycles. The second-order valence-corrected chi connectivity index (χ2v) is 9.13. The molecule has 1 aliphatic rings. The molecule has 27 heavy (non-hydrogen) atoms. The Bertz CT molecular complexity index is 764. The van der Waals surface area contributed by atoms with Crippen LogP contribution in [0.15, 0.2) is 35.2 Å². The maximum absolute atomic E-state index is 12.9. The van der Waals surface area contributed by atoms with Crippen molar-refractivity contribution < 1.29 is 22.7 Å². The molecule has 150 valence electrons. The summed E-state index contributed by atoms with van der Waals surface area (Å²) in [5, 5.41) is 1.24. The maximum Gasteiger partial charge on any atom is 0.426 e. The number of ketones is 1. The molecular weight excluding hydrogens is 370 g/mol. The summed E-state index contributed by atoms with van der Waals surface area (Å²) in [5.74, 6) is -0.286. The van der Waals surface area contributed by atoms with Gasteiger partial charge in [-0.25, -0.2) is 22.9 Å². The van der Waals surface area contributed by atoms with E-state index in [-0.39, 0.29) is 23.2 Å². The molecule has 2 N–H and O–H groups in total. The summed E-state index contributed by atoms with van der Waals surface area (Å²) >= 11 is 0. The molecule has 1 aromatic carbocycles. The quantitative estimate of drug-likeness (QED) is 0.659. The van der Waals surface area contributed by atoms with Gasteiger partial charge in [0.1, 0.15) is 0 Å². The minimum absolute atomic E-state index is 0.0568. The summed E-state index contributed by atoms with van der Waals surface area (Å²) in [6.45, 7) is 8.01. The molecule has 0 aliphatic carbocycles. The number of cyclic esters (lactones) is 1. The van der Waals surface area contributed by atoms with Gasteiger partial charge in [-0.15, -0.1) is 0 Å². The fourth-order valence-corrected chi connectivity index (χ4v) is 3.97. The van der Waals surface area contributed by atoms with Crippen molar-refractivity contribution in [1.82, 2.24) is 15.2 Å². The number of nitrogens with zero attached hydrogens (tertiary/aromatic N) is 1. The summed E-state index contributed by atoms with van der Waals surface area (Å²) in [4.78, 5) is 24.9. The number of rotatable bonds is 9. The molecule has 2 rings (SSSR count). The standard InChI is InChI=1S/C18H27N3O5S/c1-12(2)10-15(20-27(24,25)14-8-6-5-7-9-14)16(22)17-19-21(11-13(3)4)18(23)26-17/h5-9,12-13,15,17,19-20H,10-11H2,1-4H3. The van der Waals surface area contributed by atoms with Gasteiger partial charge in [0.05, 0.1) is 10.9 Å². The zero-order valence-electron chi connectivity index (χ0n) is 16.0. The van der Waals surface area contributed by atoms with Crippen LogP contribution in [0, 0.1) is 11.8 Å². The summed E-state index contributed by atoms with van der Waals surface area (Å²) in [7, 11) is -3.88. The topological polar surface area (TPSA) is 105 Å². The van der Waals surface area contributed by atoms with E-state index in [2.05, 4.69) is 10.1 Å². The Labute approximate surface area is 160 Å². The number of sulfonamides is 1. The van der Waals surface area contributed by atoms with E-state index in [1.165, 1.54) is 17.1 Å². The normalized spacial score (nSPS) is 18.8. The molecule has 1 fully saturated rings. The van der Waals surface area contributed by atoms with Crippen LogP contribution in [-0.2, 0) is 19.6 Å². The maximum atomic E-state index is 12.9. The Kier molecular flexibility index (Phi) is 6.96. The Morgan fingerprint density at radius 3 is 2.37 bits per heavy atom. The van der Waals surface area contributed by atoms with Gasteiger partial charge in [-0.2, -0.15) is 5.43 Å². The second kappa shape index (κ2) is 8.81. The highest BCUT2D eigenvalue weighted by Gasteiger charge is 2.40. The highest BCUT2D eigenvalue weighted by molar-refractivity contribution is 7.89. The van der Waals surface area contributed by atoms with Crippen LogP contribution in [-0.4, -0.2) is 44.1 Å². The number of Topliss-reactive ketones (excluding diaryl/α,β-unsaturated/α-hetero) is 1. The zero-order valence-corrected chi connectivity index (χ0v) is 16.8. The van der Waals surface area contributed by atoms with Crippen molar-refractivity contribution in [2.24, 2.45) is 11.8 Å². The number of nitrogens with one attached hydrogen (secondary N) is 2. The van der Waals surface area contributed by atoms with Gasteiger partial charge < -0.3 is 4.74 Å². The molecular formula is C18H27N3O5S. The summed E-state index contributed by atoms with van der Waals surface area (Å²) in [5.41, 5.74) is 2.73. The first kappa shape index (κ1) is 21.3. The molecule has 0 spiro atoms. The number of carbonyl (C=O) groups excluding carboxylic acids is 2. The molecule has 9 heteroatoms. The molecule has 1 aliphatic heterocycles. The van der Waals surface area contributed by atoms with E-state index in [1.54, 1.807) is 18.2 Å². The highest BCUT2D eigenvalue weighted by atomic mass is 32.2. The molecule has 1 heterocycles. The van der Waals surface area contributed by atoms with E-state index in [0.29, 0.717) is 6.54 Å². The zero-order chi connectivity index (χ0) is 20.2. The van der Waals surface area contributed by atoms with Crippen molar-refractivity contribution in [3.63, 3.8) is 0 Å². The minimum atomic E-state index is -3.88. The van der Waals surface area contributed by atoms with Gasteiger partial charge in [-0.1, -0.05) is 45.9 Å². The first-order valence-corrected chi connectivity index (χ1v) is 10.4. The fourth-order valence-electron chi connectivity index (χ4n) is 2.73. The van der Waals surface area contributed by atoms with Crippen LogP contribution in [0.2, 0.25) is 0 Å². The summed E-state index contributed by atoms with van der Waals surface area (Å²) in [6.07, 6.45) is -1.57. The number of carbonyl (C=O) groups is 2. The molecule has 2 unspecified atom stereocenters. The smallest absolute Gasteiger partial charge is 0.420 e. The minimum Gasteiger partial charge on any atom is -0.420 e. The molecule has 2 atom stereocenters. The lowest BCUT2D eigenvalue weighted by molar-refractivity contribution is -0.129. The van der Waals surface area contributed by atoms with Gasteiger partial charge in [-0.05, 0) is 30.4 Å². The van der Waals surface area contributed by atoms with Gasteiger partial charge in [0, 0.05) is 6.54 Å². The summed E-state index contributed by atoms with van der Waals surface area (Å²) < 4.78 is 32.8. The van der Waals surface area contributed by atoms with Crippen molar-refractivity contribution in [3.8, 4) is 0 Å². The van der Waals surface area contributed by atoms with Crippen LogP contribution >= 0.6 is 0 Å². The molecule has 0 saturated carbocycles. The number of hydrazine groups is 1. The van der Waals surface area contributed by atoms with Crippen molar-refractivity contribution in [2.75, 3.05) is 6.54 Å². The fraction of sp³-hybridized carbons (Fsp3) is 0.556. The van der Waals surface area contributed by atoms with Gasteiger partial charge in [0.15, 0.2) is 0 Å². The van der Waals surface area contributed by atoms with Crippen LogP contribution < -0.4 is 10.1 Å². The number of ether oxygens (including phenoxy) is 1. The van der Waals surface area contributed by atoms with Crippen molar-refractivity contribution in [1.29, 1.82) is 0 Å². The summed E-state index contributed by atoms with van der Waals surface area (Å²) in [6, 6.07) is 6.82. The van der Waals surface area contributed by atoms with Crippen LogP contribution in [0.5, 0.6) is 0 Å². The number of hydrogen-bond acceptors (Lipinski definition) is 6. The Morgan fingerprint density at radius 1 is 1.19 bits per heavy atom. The molecule has 1 saturated heterocycles. The van der Waals surface area contributed by atoms with E-state index in [9.17, 15) is 18.0 Å². The monoisotopic (exact) mass is 397 g/mol. The van der Waals surface area contributed by atoms with Crippen LogP contribution in [0.3, 0.4) is 0 Å². The van der Waals surface area contributed by atoms with Gasteiger partial charge in [0.25, 0.3) is 0 Å². The van der Waals surface area contributed by atoms with Crippen molar-refractivity contribution >= 4 is 21.9 Å². The van der Waals surface area contributed by atoms with E-state index in [1.807, 2.05) is 27.7 Å². The Balaban J connectivity index is 2.16. The lowest BCUT2D eigenvalue weighted by Crippen LogP contribution is -2.51. The van der Waals surface area contributed by atoms with Gasteiger partial charge in [0.2, 0.25) is 22.0 Å². The Morgan fingerprint density at radius 2 is 1.81 bits per heavy atom. The van der Waals surface area contributed by atoms with Crippen LogP contribution in [0.1, 0.15) is 34.1 Å². The lowest BCUT2D eigenvalue weighted by atomic mass is 10.0. The van der Waals surface area contributed by atoms with Crippen molar-refractivity contribution in [3.05, 3.63) is 30.3 Å². The van der Waals surface area contributed by atoms with Gasteiger partial charge in [-0.3, -0.25) is 4.79 Å². The average Bonchev–Trinajstić information content (AvgIpc) is 2.94. The molecule has 0 bridgehead atoms. The largest absolute Gasteiger partial charge is 0.426 e. The van der Waals surface area contributed by atoms with Crippen molar-refractivity contribution in [2.45, 2.75) is 51.3 Å². The second-order valence-electron chi connectivity index (χ2n) is 7.42. The first-order valence-electron chi connectivity index (χ1n) is 8.95. The van der Waals surface area contributed by atoms with Crippen LogP contribution in [0.25, 0.3) is 0 Å². The van der Waals surface area contributed by atoms with E-state index in [4.69, 9.17) is 4.74 Å². The highest BCUT2D eigenvalue weighted by Crippen LogP contribution is 2.17. The predicted molar refractivity (Wildman–Crippen MR) is 100.0 cm³/mol. The average molecular weight is 397 g/mol. The molecule has 1 amide bonds. The van der Waals surface area contributed by atoms with Crippen LogP contribution in [0.4, 0.5) is 4.79 Å². The first-order chi connectivity index (χ1) is 12.6. The lowest BCUT2D eigenvalue weighted by Gasteiger charge is -2.22. The SMILES string of the molecule is CC(C)CC(NS(=O)(=O)c1ccccc1)C(=O)C1NN(CC(C)C)C(=O)O1. The predicted octanol–water partition coefficient (Wildman–Crippen LogP) is 1.89. The van der Waals surface area contributed by atoms with E-state index in [0.717, 1.165) is 0 Å². The molecule has 0 radical (unpaired) electrons. The molecule has 1 aromatic rings. The van der Waals surface area contributed by atoms with E-state index >= 15 is 0 Å².